The lowest BCUT2D eigenvalue weighted by molar-refractivity contribution is -0.119. The van der Waals surface area contributed by atoms with Crippen molar-refractivity contribution in [2.75, 3.05) is 6.54 Å². The van der Waals surface area contributed by atoms with Gasteiger partial charge in [-0.2, -0.15) is 0 Å². The van der Waals surface area contributed by atoms with Crippen molar-refractivity contribution in [3.8, 4) is 0 Å². The molecule has 2 unspecified atom stereocenters. The van der Waals surface area contributed by atoms with Crippen LogP contribution in [0.25, 0.3) is 11.1 Å². The van der Waals surface area contributed by atoms with Gasteiger partial charge in [0.25, 0.3) is 0 Å². The van der Waals surface area contributed by atoms with Gasteiger partial charge in [-0.15, -0.1) is 0 Å². The van der Waals surface area contributed by atoms with E-state index in [4.69, 9.17) is 4.42 Å². The molecule has 6 heteroatoms. The molecule has 0 fully saturated rings. The van der Waals surface area contributed by atoms with Gasteiger partial charge in [0.05, 0.1) is 6.10 Å². The summed E-state index contributed by atoms with van der Waals surface area (Å²) in [6.07, 6.45) is -0.364. The fourth-order valence-corrected chi connectivity index (χ4v) is 1.83. The van der Waals surface area contributed by atoms with Crippen LogP contribution < -0.4 is 5.32 Å². The minimum Gasteiger partial charge on any atom is -0.443 e. The van der Waals surface area contributed by atoms with E-state index in [1.807, 2.05) is 0 Å². The summed E-state index contributed by atoms with van der Waals surface area (Å²) in [5, 5.41) is 22.5. The Kier molecular flexibility index (Phi) is 4.13. The highest BCUT2D eigenvalue weighted by molar-refractivity contribution is 5.73. The van der Waals surface area contributed by atoms with E-state index >= 15 is 0 Å². The normalized spacial score (nSPS) is 14.3. The summed E-state index contributed by atoms with van der Waals surface area (Å²) >= 11 is 0. The summed E-state index contributed by atoms with van der Waals surface area (Å²) in [5.41, 5.74) is 1.83. The van der Waals surface area contributed by atoms with E-state index < -0.39 is 12.2 Å². The number of oxazole rings is 1. The fraction of sp³-hybridized carbons (Fsp3) is 0.385. The van der Waals surface area contributed by atoms with E-state index in [9.17, 15) is 15.0 Å². The molecular formula is C13H16N2O4. The van der Waals surface area contributed by atoms with Crippen molar-refractivity contribution in [2.24, 2.45) is 0 Å². The minimum atomic E-state index is -1.02. The van der Waals surface area contributed by atoms with Crippen LogP contribution in [0, 0.1) is 0 Å². The smallest absolute Gasteiger partial charge is 0.216 e. The third-order valence-corrected chi connectivity index (χ3v) is 2.87. The highest BCUT2D eigenvalue weighted by atomic mass is 16.3. The second-order valence-electron chi connectivity index (χ2n) is 4.36. The summed E-state index contributed by atoms with van der Waals surface area (Å²) in [6.45, 7) is 1.72. The maximum absolute atomic E-state index is 10.7. The predicted octanol–water partition coefficient (Wildman–Crippen LogP) is 0.748. The summed E-state index contributed by atoms with van der Waals surface area (Å²) < 4.78 is 5.10. The third-order valence-electron chi connectivity index (χ3n) is 2.87. The Morgan fingerprint density at radius 3 is 3.00 bits per heavy atom. The topological polar surface area (TPSA) is 95.6 Å². The molecule has 1 aromatic carbocycles. The number of aliphatic hydroxyl groups is 2. The molecule has 0 aliphatic rings. The van der Waals surface area contributed by atoms with Crippen LogP contribution in [-0.4, -0.2) is 33.8 Å². The first-order valence-electron chi connectivity index (χ1n) is 6.01. The lowest BCUT2D eigenvalue weighted by atomic mass is 10.0. The quantitative estimate of drug-likeness (QED) is 0.740. The van der Waals surface area contributed by atoms with Crippen molar-refractivity contribution < 1.29 is 19.4 Å². The standard InChI is InChI=1S/C13H16N2O4/c1-8(16)14-5-4-11(17)13(18)9-2-3-12-10(6-9)15-7-19-12/h2-3,6-7,11,13,17-18H,4-5H2,1H3,(H,14,16). The Morgan fingerprint density at radius 2 is 2.26 bits per heavy atom. The van der Waals surface area contributed by atoms with Gasteiger partial charge < -0.3 is 19.9 Å². The molecule has 3 N–H and O–H groups in total. The Hall–Kier alpha value is -1.92. The number of nitrogens with zero attached hydrogens (tertiary/aromatic N) is 1. The van der Waals surface area contributed by atoms with Crippen LogP contribution in [0.5, 0.6) is 0 Å². The molecule has 0 bridgehead atoms. The summed E-state index contributed by atoms with van der Waals surface area (Å²) in [4.78, 5) is 14.7. The zero-order valence-electron chi connectivity index (χ0n) is 10.5. The Balaban J connectivity index is 2.01. The SMILES string of the molecule is CC(=O)NCCC(O)C(O)c1ccc2ocnc2c1. The van der Waals surface area contributed by atoms with Crippen LogP contribution in [0.15, 0.2) is 29.0 Å². The van der Waals surface area contributed by atoms with E-state index in [-0.39, 0.29) is 12.3 Å². The molecule has 2 aromatic rings. The third kappa shape index (κ3) is 3.30. The van der Waals surface area contributed by atoms with Crippen molar-refractivity contribution in [3.63, 3.8) is 0 Å². The van der Waals surface area contributed by atoms with Crippen molar-refractivity contribution in [1.29, 1.82) is 0 Å². The zero-order chi connectivity index (χ0) is 13.8. The van der Waals surface area contributed by atoms with Crippen LogP contribution in [0.1, 0.15) is 25.0 Å². The number of hydrogen-bond acceptors (Lipinski definition) is 5. The molecule has 0 saturated carbocycles. The molecule has 2 rings (SSSR count). The lowest BCUT2D eigenvalue weighted by Crippen LogP contribution is -2.27. The number of benzene rings is 1. The second kappa shape index (κ2) is 5.81. The number of carbonyl (C=O) groups is 1. The van der Waals surface area contributed by atoms with E-state index in [1.165, 1.54) is 13.3 Å². The zero-order valence-corrected chi connectivity index (χ0v) is 10.5. The Bertz CT molecular complexity index is 567. The Labute approximate surface area is 110 Å². The first kappa shape index (κ1) is 13.5. The molecule has 0 saturated heterocycles. The largest absolute Gasteiger partial charge is 0.443 e. The molecule has 102 valence electrons. The summed E-state index contributed by atoms with van der Waals surface area (Å²) in [7, 11) is 0. The average molecular weight is 264 g/mol. The number of nitrogens with one attached hydrogen (secondary N) is 1. The molecule has 0 aliphatic heterocycles. The number of carbonyl (C=O) groups excluding carboxylic acids is 1. The summed E-state index contributed by atoms with van der Waals surface area (Å²) in [6, 6.07) is 5.05. The van der Waals surface area contributed by atoms with Gasteiger partial charge in [0.2, 0.25) is 5.91 Å². The second-order valence-corrected chi connectivity index (χ2v) is 4.36. The molecule has 0 radical (unpaired) electrons. The molecule has 1 aromatic heterocycles. The maximum atomic E-state index is 10.7. The van der Waals surface area contributed by atoms with Gasteiger partial charge >= 0.3 is 0 Å². The molecule has 6 nitrogen and oxygen atoms in total. The summed E-state index contributed by atoms with van der Waals surface area (Å²) in [5.74, 6) is -0.161. The maximum Gasteiger partial charge on any atom is 0.216 e. The van der Waals surface area contributed by atoms with Crippen LogP contribution in [0.2, 0.25) is 0 Å². The van der Waals surface area contributed by atoms with Gasteiger partial charge in [-0.25, -0.2) is 4.98 Å². The van der Waals surface area contributed by atoms with Crippen LogP contribution in [0.4, 0.5) is 0 Å². The minimum absolute atomic E-state index is 0.161. The first-order valence-corrected chi connectivity index (χ1v) is 6.01. The van der Waals surface area contributed by atoms with E-state index in [0.29, 0.717) is 23.2 Å². The molecule has 0 aliphatic carbocycles. The molecule has 0 spiro atoms. The number of hydrogen-bond donors (Lipinski definition) is 3. The van der Waals surface area contributed by atoms with Crippen LogP contribution in [0.3, 0.4) is 0 Å². The monoisotopic (exact) mass is 264 g/mol. The molecular weight excluding hydrogens is 248 g/mol. The number of aromatic nitrogens is 1. The highest BCUT2D eigenvalue weighted by Gasteiger charge is 2.19. The fourth-order valence-electron chi connectivity index (χ4n) is 1.83. The number of rotatable bonds is 5. The molecule has 19 heavy (non-hydrogen) atoms. The van der Waals surface area contributed by atoms with E-state index in [0.717, 1.165) is 0 Å². The van der Waals surface area contributed by atoms with Gasteiger partial charge in [0.15, 0.2) is 12.0 Å². The van der Waals surface area contributed by atoms with Crippen LogP contribution >= 0.6 is 0 Å². The van der Waals surface area contributed by atoms with Gasteiger partial charge in [-0.3, -0.25) is 4.79 Å². The number of amides is 1. The van der Waals surface area contributed by atoms with Crippen molar-refractivity contribution in [1.82, 2.24) is 10.3 Å². The highest BCUT2D eigenvalue weighted by Crippen LogP contribution is 2.22. The van der Waals surface area contributed by atoms with Crippen molar-refractivity contribution in [2.45, 2.75) is 25.6 Å². The predicted molar refractivity (Wildman–Crippen MR) is 68.3 cm³/mol. The van der Waals surface area contributed by atoms with E-state index in [2.05, 4.69) is 10.3 Å². The van der Waals surface area contributed by atoms with Crippen molar-refractivity contribution >= 4 is 17.0 Å². The first-order chi connectivity index (χ1) is 9.08. The lowest BCUT2D eigenvalue weighted by Gasteiger charge is -2.18. The molecule has 2 atom stereocenters. The van der Waals surface area contributed by atoms with E-state index in [1.54, 1.807) is 18.2 Å². The van der Waals surface area contributed by atoms with Gasteiger partial charge in [-0.1, -0.05) is 6.07 Å². The van der Waals surface area contributed by atoms with Crippen molar-refractivity contribution in [3.05, 3.63) is 30.2 Å². The number of aliphatic hydroxyl groups excluding tert-OH is 2. The van der Waals surface area contributed by atoms with Gasteiger partial charge in [-0.05, 0) is 24.1 Å². The Morgan fingerprint density at radius 1 is 1.47 bits per heavy atom. The van der Waals surface area contributed by atoms with Crippen LogP contribution in [-0.2, 0) is 4.79 Å². The number of fused-ring (bicyclic) bond motifs is 1. The molecule has 1 amide bonds. The van der Waals surface area contributed by atoms with Gasteiger partial charge in [0, 0.05) is 13.5 Å². The molecule has 1 heterocycles. The average Bonchev–Trinajstić information content (AvgIpc) is 2.84. The van der Waals surface area contributed by atoms with Gasteiger partial charge in [0.1, 0.15) is 11.6 Å².